The number of hydrogen-bond donors (Lipinski definition) is 3. The highest BCUT2D eigenvalue weighted by atomic mass is 79.9. The lowest BCUT2D eigenvalue weighted by molar-refractivity contribution is 0.0691. The molecule has 0 aliphatic heterocycles. The number of carboxylic acids is 1. The van der Waals surface area contributed by atoms with Gasteiger partial charge in [0.15, 0.2) is 0 Å². The number of nitrogens with one attached hydrogen (secondary N) is 2. The summed E-state index contributed by atoms with van der Waals surface area (Å²) in [6.07, 6.45) is 1.15. The van der Waals surface area contributed by atoms with Gasteiger partial charge in [-0.1, -0.05) is 0 Å². The van der Waals surface area contributed by atoms with E-state index in [0.29, 0.717) is 0 Å². The maximum atomic E-state index is 11.9. The van der Waals surface area contributed by atoms with Crippen LogP contribution < -0.4 is 4.72 Å². The molecule has 9 heteroatoms. The number of aromatic amines is 1. The molecule has 0 spiro atoms. The number of carboxylic acid groups (broad SMARTS) is 1. The molecule has 0 fully saturated rings. The lowest BCUT2D eigenvalue weighted by Gasteiger charge is -2.02. The molecule has 0 unspecified atom stereocenters. The molecule has 102 valence electrons. The van der Waals surface area contributed by atoms with Gasteiger partial charge in [0.1, 0.15) is 10.6 Å². The molecule has 2 rings (SSSR count). The molecule has 2 aromatic rings. The third kappa shape index (κ3) is 3.44. The van der Waals surface area contributed by atoms with Gasteiger partial charge in [-0.05, 0) is 34.1 Å². The Hall–Kier alpha value is -1.16. The van der Waals surface area contributed by atoms with Crippen LogP contribution in [0.15, 0.2) is 33.1 Å². The fourth-order valence-corrected chi connectivity index (χ4v) is 3.86. The van der Waals surface area contributed by atoms with E-state index in [1.165, 1.54) is 11.3 Å². The SMILES string of the molecule is O=C(O)c1cc(S(=O)(=O)NCc2ccc(Br)s2)c[nH]1. The summed E-state index contributed by atoms with van der Waals surface area (Å²) in [5.41, 5.74) is -0.167. The molecule has 2 heterocycles. The number of thiophene rings is 1. The van der Waals surface area contributed by atoms with Crippen LogP contribution in [0.2, 0.25) is 0 Å². The molecule has 0 amide bonds. The van der Waals surface area contributed by atoms with Crippen molar-refractivity contribution in [3.63, 3.8) is 0 Å². The van der Waals surface area contributed by atoms with Crippen molar-refractivity contribution in [1.82, 2.24) is 9.71 Å². The third-order valence-corrected chi connectivity index (χ3v) is 5.27. The number of sulfonamides is 1. The van der Waals surface area contributed by atoms with E-state index in [9.17, 15) is 13.2 Å². The fraction of sp³-hybridized carbons (Fsp3) is 0.100. The van der Waals surface area contributed by atoms with E-state index >= 15 is 0 Å². The molecule has 0 aliphatic carbocycles. The molecular formula is C10H9BrN2O4S2. The van der Waals surface area contributed by atoms with Gasteiger partial charge in [0.25, 0.3) is 0 Å². The standard InChI is InChI=1S/C10H9BrN2O4S2/c11-9-2-1-6(18-9)4-13-19(16,17)7-3-8(10(14)15)12-5-7/h1-3,5,12-13H,4H2,(H,14,15). The Kier molecular flexibility index (Phi) is 4.09. The smallest absolute Gasteiger partial charge is 0.352 e. The van der Waals surface area contributed by atoms with Crippen LogP contribution in [0.5, 0.6) is 0 Å². The Balaban J connectivity index is 2.11. The van der Waals surface area contributed by atoms with Crippen LogP contribution in [0.25, 0.3) is 0 Å². The first kappa shape index (κ1) is 14.3. The zero-order chi connectivity index (χ0) is 14.0. The van der Waals surface area contributed by atoms with Gasteiger partial charge in [-0.3, -0.25) is 0 Å². The Morgan fingerprint density at radius 1 is 1.47 bits per heavy atom. The zero-order valence-corrected chi connectivity index (χ0v) is 12.6. The van der Waals surface area contributed by atoms with E-state index in [1.54, 1.807) is 6.07 Å². The van der Waals surface area contributed by atoms with Crippen molar-refractivity contribution in [1.29, 1.82) is 0 Å². The Morgan fingerprint density at radius 3 is 2.74 bits per heavy atom. The molecule has 3 N–H and O–H groups in total. The molecule has 0 saturated carbocycles. The predicted molar refractivity (Wildman–Crippen MR) is 73.8 cm³/mol. The lowest BCUT2D eigenvalue weighted by Crippen LogP contribution is -2.22. The number of hydrogen-bond acceptors (Lipinski definition) is 4. The van der Waals surface area contributed by atoms with Crippen LogP contribution in [0.4, 0.5) is 0 Å². The molecule has 0 bridgehead atoms. The van der Waals surface area contributed by atoms with Crippen molar-refractivity contribution in [3.05, 3.63) is 38.8 Å². The van der Waals surface area contributed by atoms with Gasteiger partial charge in [0, 0.05) is 17.6 Å². The van der Waals surface area contributed by atoms with E-state index in [-0.39, 0.29) is 17.1 Å². The summed E-state index contributed by atoms with van der Waals surface area (Å²) >= 11 is 4.71. The number of rotatable bonds is 5. The lowest BCUT2D eigenvalue weighted by atomic mass is 10.4. The van der Waals surface area contributed by atoms with Gasteiger partial charge in [-0.25, -0.2) is 17.9 Å². The quantitative estimate of drug-likeness (QED) is 0.755. The Morgan fingerprint density at radius 2 is 2.21 bits per heavy atom. The average Bonchev–Trinajstić information content (AvgIpc) is 2.95. The maximum absolute atomic E-state index is 11.9. The highest BCUT2D eigenvalue weighted by Crippen LogP contribution is 2.22. The summed E-state index contributed by atoms with van der Waals surface area (Å²) in [4.78, 5) is 13.8. The molecule has 0 aliphatic rings. The van der Waals surface area contributed by atoms with Crippen LogP contribution in [-0.2, 0) is 16.6 Å². The number of aromatic nitrogens is 1. The summed E-state index contributed by atoms with van der Waals surface area (Å²) in [5.74, 6) is -1.20. The first-order valence-corrected chi connectivity index (χ1v) is 8.13. The molecule has 6 nitrogen and oxygen atoms in total. The Labute approximate surface area is 121 Å². The van der Waals surface area contributed by atoms with E-state index in [0.717, 1.165) is 20.9 Å². The van der Waals surface area contributed by atoms with E-state index in [4.69, 9.17) is 5.11 Å². The van der Waals surface area contributed by atoms with Gasteiger partial charge >= 0.3 is 5.97 Å². The van der Waals surface area contributed by atoms with Crippen molar-refractivity contribution in [3.8, 4) is 0 Å². The maximum Gasteiger partial charge on any atom is 0.352 e. The van der Waals surface area contributed by atoms with Crippen molar-refractivity contribution in [2.24, 2.45) is 0 Å². The average molecular weight is 365 g/mol. The molecule has 0 aromatic carbocycles. The van der Waals surface area contributed by atoms with Gasteiger partial charge in [-0.2, -0.15) is 0 Å². The number of carbonyl (C=O) groups is 1. The highest BCUT2D eigenvalue weighted by Gasteiger charge is 2.18. The number of H-pyrrole nitrogens is 1. The largest absolute Gasteiger partial charge is 0.477 e. The van der Waals surface area contributed by atoms with E-state index in [1.807, 2.05) is 6.07 Å². The third-order valence-electron chi connectivity index (χ3n) is 2.26. The molecular weight excluding hydrogens is 356 g/mol. The molecule has 0 atom stereocenters. The fourth-order valence-electron chi connectivity index (χ4n) is 1.35. The summed E-state index contributed by atoms with van der Waals surface area (Å²) in [6, 6.07) is 4.71. The summed E-state index contributed by atoms with van der Waals surface area (Å²) in [7, 11) is -3.72. The first-order chi connectivity index (χ1) is 8.88. The van der Waals surface area contributed by atoms with Crippen LogP contribution in [-0.4, -0.2) is 24.5 Å². The predicted octanol–water partition coefficient (Wildman–Crippen LogP) is 2.02. The minimum atomic E-state index is -3.72. The molecule has 2 aromatic heterocycles. The molecule has 0 saturated heterocycles. The number of halogens is 1. The zero-order valence-electron chi connectivity index (χ0n) is 9.38. The van der Waals surface area contributed by atoms with Gasteiger partial charge in [-0.15, -0.1) is 11.3 Å². The summed E-state index contributed by atoms with van der Waals surface area (Å²) in [5, 5.41) is 8.72. The van der Waals surface area contributed by atoms with E-state index < -0.39 is 16.0 Å². The van der Waals surface area contributed by atoms with Crippen LogP contribution >= 0.6 is 27.3 Å². The first-order valence-electron chi connectivity index (χ1n) is 5.04. The number of aromatic carboxylic acids is 1. The normalized spacial score (nSPS) is 11.6. The molecule has 0 radical (unpaired) electrons. The van der Waals surface area contributed by atoms with Gasteiger partial charge in [0.05, 0.1) is 3.79 Å². The second-order valence-corrected chi connectivity index (χ2v) is 7.90. The van der Waals surface area contributed by atoms with Crippen LogP contribution in [0.3, 0.4) is 0 Å². The van der Waals surface area contributed by atoms with Crippen molar-refractivity contribution < 1.29 is 18.3 Å². The minimum absolute atomic E-state index is 0.0967. The minimum Gasteiger partial charge on any atom is -0.477 e. The van der Waals surface area contributed by atoms with E-state index in [2.05, 4.69) is 25.6 Å². The van der Waals surface area contributed by atoms with Gasteiger partial charge < -0.3 is 10.1 Å². The second kappa shape index (κ2) is 5.45. The topological polar surface area (TPSA) is 99.3 Å². The van der Waals surface area contributed by atoms with Crippen molar-refractivity contribution in [2.75, 3.05) is 0 Å². The second-order valence-electron chi connectivity index (χ2n) is 3.58. The molecule has 19 heavy (non-hydrogen) atoms. The highest BCUT2D eigenvalue weighted by molar-refractivity contribution is 9.11. The monoisotopic (exact) mass is 364 g/mol. The summed E-state index contributed by atoms with van der Waals surface area (Å²) < 4.78 is 27.2. The summed E-state index contributed by atoms with van der Waals surface area (Å²) in [6.45, 7) is 0.159. The van der Waals surface area contributed by atoms with Crippen LogP contribution in [0, 0.1) is 0 Å². The van der Waals surface area contributed by atoms with Crippen LogP contribution in [0.1, 0.15) is 15.4 Å². The van der Waals surface area contributed by atoms with Crippen molar-refractivity contribution in [2.45, 2.75) is 11.4 Å². The van der Waals surface area contributed by atoms with Gasteiger partial charge in [0.2, 0.25) is 10.0 Å². The Bertz CT molecular complexity index is 705. The van der Waals surface area contributed by atoms with Crippen molar-refractivity contribution >= 4 is 43.3 Å².